The molecule has 0 spiro atoms. The lowest BCUT2D eigenvalue weighted by Gasteiger charge is -2.31. The van der Waals surface area contributed by atoms with E-state index in [-0.39, 0.29) is 5.41 Å². The molecule has 2 heteroatoms. The Labute approximate surface area is 393 Å². The zero-order valence-corrected chi connectivity index (χ0v) is 37.6. The van der Waals surface area contributed by atoms with Crippen molar-refractivity contribution in [3.8, 4) is 44.5 Å². The Balaban J connectivity index is 1.01. The minimum absolute atomic E-state index is 0.129. The van der Waals surface area contributed by atoms with E-state index in [4.69, 9.17) is 0 Å². The van der Waals surface area contributed by atoms with Crippen LogP contribution in [0.5, 0.6) is 0 Å². The summed E-state index contributed by atoms with van der Waals surface area (Å²) in [4.78, 5) is 4.86. The average molecular weight is 857 g/mol. The number of para-hydroxylation sites is 1. The molecule has 0 aromatic heterocycles. The summed E-state index contributed by atoms with van der Waals surface area (Å²) in [7, 11) is 0. The highest BCUT2D eigenvalue weighted by Gasteiger charge is 2.36. The summed E-state index contributed by atoms with van der Waals surface area (Å²) < 4.78 is 0. The van der Waals surface area contributed by atoms with Gasteiger partial charge in [0.15, 0.2) is 0 Å². The van der Waals surface area contributed by atoms with Crippen LogP contribution in [0.2, 0.25) is 0 Å². The van der Waals surface area contributed by atoms with E-state index in [0.717, 1.165) is 28.4 Å². The standard InChI is InChI=1S/C65H48N2/c1-65(2)61-32-17-16-27-55(61)56-42-41-54(44-62(56)65)67(50-24-10-5-11-25-50)64-59-30-14-12-28-57(59)63(58-29-13-15-31-60(58)64)48-35-39-52(40-36-48)66(51-37-33-47(34-38-51)45-19-6-3-7-20-45)53-26-18-23-49(43-53)46-21-8-4-9-22-46/h3-44H,1-2H3. The van der Waals surface area contributed by atoms with Gasteiger partial charge < -0.3 is 9.80 Å². The molecule has 11 aromatic rings. The Kier molecular flexibility index (Phi) is 9.88. The van der Waals surface area contributed by atoms with Crippen molar-refractivity contribution in [3.05, 3.63) is 266 Å². The summed E-state index contributed by atoms with van der Waals surface area (Å²) >= 11 is 0. The van der Waals surface area contributed by atoms with Gasteiger partial charge in [-0.1, -0.05) is 208 Å². The van der Waals surface area contributed by atoms with Gasteiger partial charge in [-0.25, -0.2) is 0 Å². The van der Waals surface area contributed by atoms with Crippen molar-refractivity contribution in [3.63, 3.8) is 0 Å². The van der Waals surface area contributed by atoms with E-state index in [2.05, 4.69) is 278 Å². The Bertz CT molecular complexity index is 3520. The van der Waals surface area contributed by atoms with Crippen molar-refractivity contribution < 1.29 is 0 Å². The highest BCUT2D eigenvalue weighted by atomic mass is 15.1. The second-order valence-corrected chi connectivity index (χ2v) is 18.1. The van der Waals surface area contributed by atoms with Crippen LogP contribution < -0.4 is 9.80 Å². The summed E-state index contributed by atoms with van der Waals surface area (Å²) in [5, 5.41) is 4.82. The second-order valence-electron chi connectivity index (χ2n) is 18.1. The lowest BCUT2D eigenvalue weighted by Crippen LogP contribution is -2.17. The summed E-state index contributed by atoms with van der Waals surface area (Å²) in [6.45, 7) is 4.73. The zero-order chi connectivity index (χ0) is 44.9. The van der Waals surface area contributed by atoms with Gasteiger partial charge >= 0.3 is 0 Å². The minimum Gasteiger partial charge on any atom is -0.310 e. The molecule has 1 aliphatic carbocycles. The third kappa shape index (κ3) is 6.97. The number of benzene rings is 11. The fourth-order valence-corrected chi connectivity index (χ4v) is 10.6. The van der Waals surface area contributed by atoms with Gasteiger partial charge in [-0.05, 0) is 127 Å². The van der Waals surface area contributed by atoms with E-state index in [1.807, 2.05) is 0 Å². The van der Waals surface area contributed by atoms with E-state index in [0.29, 0.717) is 0 Å². The molecular weight excluding hydrogens is 809 g/mol. The fraction of sp³-hybridized carbons (Fsp3) is 0.0462. The minimum atomic E-state index is -0.129. The highest BCUT2D eigenvalue weighted by Crippen LogP contribution is 2.53. The molecule has 0 fully saturated rings. The molecule has 0 radical (unpaired) electrons. The molecule has 0 aliphatic heterocycles. The molecule has 0 saturated carbocycles. The predicted molar refractivity (Wildman–Crippen MR) is 285 cm³/mol. The van der Waals surface area contributed by atoms with Gasteiger partial charge in [0.1, 0.15) is 0 Å². The zero-order valence-electron chi connectivity index (χ0n) is 37.6. The van der Waals surface area contributed by atoms with Crippen molar-refractivity contribution >= 4 is 55.7 Å². The quantitative estimate of drug-likeness (QED) is 0.133. The van der Waals surface area contributed by atoms with E-state index < -0.39 is 0 Å². The molecule has 0 amide bonds. The summed E-state index contributed by atoms with van der Waals surface area (Å²) in [6, 6.07) is 93.0. The topological polar surface area (TPSA) is 6.48 Å². The predicted octanol–water partition coefficient (Wildman–Crippen LogP) is 18.2. The molecule has 11 aromatic carbocycles. The summed E-state index contributed by atoms with van der Waals surface area (Å²) in [5.74, 6) is 0. The molecule has 0 N–H and O–H groups in total. The van der Waals surface area contributed by atoms with Crippen LogP contribution in [0.1, 0.15) is 25.0 Å². The largest absolute Gasteiger partial charge is 0.310 e. The number of hydrogen-bond acceptors (Lipinski definition) is 2. The Morgan fingerprint density at radius 1 is 0.269 bits per heavy atom. The van der Waals surface area contributed by atoms with E-state index in [1.165, 1.54) is 82.9 Å². The smallest absolute Gasteiger partial charge is 0.0618 e. The molecule has 0 bridgehead atoms. The molecular formula is C65H48N2. The van der Waals surface area contributed by atoms with Gasteiger partial charge in [0.25, 0.3) is 0 Å². The van der Waals surface area contributed by atoms with Crippen LogP contribution in [-0.4, -0.2) is 0 Å². The Hall–Kier alpha value is -8.46. The molecule has 0 atom stereocenters. The SMILES string of the molecule is CC1(C)c2ccccc2-c2ccc(N(c3ccccc3)c3c4ccccc4c(-c4ccc(N(c5ccc(-c6ccccc6)cc5)c5cccc(-c6ccccc6)c5)cc4)c4ccccc34)cc21. The molecule has 318 valence electrons. The van der Waals surface area contributed by atoms with E-state index >= 15 is 0 Å². The first-order chi connectivity index (χ1) is 33.0. The molecule has 1 aliphatic rings. The summed E-state index contributed by atoms with van der Waals surface area (Å²) in [6.07, 6.45) is 0. The van der Waals surface area contributed by atoms with Crippen LogP contribution in [0.15, 0.2) is 255 Å². The highest BCUT2D eigenvalue weighted by molar-refractivity contribution is 6.22. The lowest BCUT2D eigenvalue weighted by molar-refractivity contribution is 0.660. The van der Waals surface area contributed by atoms with Crippen LogP contribution >= 0.6 is 0 Å². The van der Waals surface area contributed by atoms with Gasteiger partial charge in [-0.2, -0.15) is 0 Å². The molecule has 0 saturated heterocycles. The molecule has 12 rings (SSSR count). The van der Waals surface area contributed by atoms with Crippen LogP contribution in [0.25, 0.3) is 66.1 Å². The number of nitrogens with zero attached hydrogens (tertiary/aromatic N) is 2. The third-order valence-electron chi connectivity index (χ3n) is 13.8. The van der Waals surface area contributed by atoms with Gasteiger partial charge in [-0.15, -0.1) is 0 Å². The maximum absolute atomic E-state index is 2.49. The van der Waals surface area contributed by atoms with Crippen molar-refractivity contribution in [1.82, 2.24) is 0 Å². The van der Waals surface area contributed by atoms with Crippen LogP contribution in [0.3, 0.4) is 0 Å². The number of rotatable bonds is 9. The van der Waals surface area contributed by atoms with Crippen LogP contribution in [0.4, 0.5) is 34.1 Å². The molecule has 2 nitrogen and oxygen atoms in total. The maximum Gasteiger partial charge on any atom is 0.0618 e. The first-order valence-corrected chi connectivity index (χ1v) is 23.3. The van der Waals surface area contributed by atoms with Gasteiger partial charge in [-0.3, -0.25) is 0 Å². The maximum atomic E-state index is 2.49. The molecule has 0 heterocycles. The molecule has 67 heavy (non-hydrogen) atoms. The van der Waals surface area contributed by atoms with Crippen LogP contribution in [0, 0.1) is 0 Å². The van der Waals surface area contributed by atoms with Crippen molar-refractivity contribution in [1.29, 1.82) is 0 Å². The first-order valence-electron chi connectivity index (χ1n) is 23.3. The monoisotopic (exact) mass is 856 g/mol. The lowest BCUT2D eigenvalue weighted by atomic mass is 9.82. The van der Waals surface area contributed by atoms with Crippen molar-refractivity contribution in [2.75, 3.05) is 9.80 Å². The normalized spacial score (nSPS) is 12.4. The van der Waals surface area contributed by atoms with Crippen molar-refractivity contribution in [2.24, 2.45) is 0 Å². The average Bonchev–Trinajstić information content (AvgIpc) is 3.62. The second kappa shape index (κ2) is 16.5. The Morgan fingerprint density at radius 2 is 0.687 bits per heavy atom. The Morgan fingerprint density at radius 3 is 1.31 bits per heavy atom. The number of hydrogen-bond donors (Lipinski definition) is 0. The van der Waals surface area contributed by atoms with E-state index in [9.17, 15) is 0 Å². The van der Waals surface area contributed by atoms with Crippen LogP contribution in [-0.2, 0) is 5.41 Å². The van der Waals surface area contributed by atoms with Gasteiger partial charge in [0.05, 0.1) is 5.69 Å². The van der Waals surface area contributed by atoms with Crippen molar-refractivity contribution in [2.45, 2.75) is 19.3 Å². The van der Waals surface area contributed by atoms with Gasteiger partial charge in [0.2, 0.25) is 0 Å². The first kappa shape index (κ1) is 40.1. The number of fused-ring (bicyclic) bond motifs is 5. The molecule has 0 unspecified atom stereocenters. The number of anilines is 6. The van der Waals surface area contributed by atoms with Gasteiger partial charge in [0, 0.05) is 44.6 Å². The summed E-state index contributed by atoms with van der Waals surface area (Å²) in [5.41, 5.74) is 19.1. The third-order valence-corrected chi connectivity index (χ3v) is 13.8. The van der Waals surface area contributed by atoms with E-state index in [1.54, 1.807) is 0 Å². The fourth-order valence-electron chi connectivity index (χ4n) is 10.6.